The van der Waals surface area contributed by atoms with Crippen LogP contribution in [0.25, 0.3) is 0 Å². The van der Waals surface area contributed by atoms with E-state index in [2.05, 4.69) is 65.2 Å². The molecule has 0 bridgehead atoms. The maximum Gasteiger partial charge on any atom is 0.0600 e. The lowest BCUT2D eigenvalue weighted by atomic mass is 9.93. The van der Waals surface area contributed by atoms with E-state index in [1.807, 2.05) is 0 Å². The molecule has 2 rings (SSSR count). The van der Waals surface area contributed by atoms with Crippen LogP contribution in [-0.2, 0) is 0 Å². The molecule has 0 spiro atoms. The zero-order valence-corrected chi connectivity index (χ0v) is 11.1. The van der Waals surface area contributed by atoms with Crippen molar-refractivity contribution in [2.45, 2.75) is 13.8 Å². The number of halogens is 1. The van der Waals surface area contributed by atoms with Crippen molar-refractivity contribution in [1.82, 2.24) is 0 Å². The van der Waals surface area contributed by atoms with Crippen molar-refractivity contribution >= 4 is 27.3 Å². The average molecular weight is 269 g/mol. The van der Waals surface area contributed by atoms with Crippen LogP contribution in [0.1, 0.15) is 13.8 Å². The fraction of sp³-hybridized carbons (Fsp3) is 0.500. The van der Waals surface area contributed by atoms with E-state index < -0.39 is 0 Å². The predicted octanol–water partition coefficient (Wildman–Crippen LogP) is 3.34. The second kappa shape index (κ2) is 3.71. The molecule has 1 aliphatic heterocycles. The van der Waals surface area contributed by atoms with Crippen LogP contribution < -0.4 is 10.2 Å². The summed E-state index contributed by atoms with van der Waals surface area (Å²) in [6.45, 7) is 6.67. The third-order valence-electron chi connectivity index (χ3n) is 2.79. The Hall–Kier alpha value is -0.700. The summed E-state index contributed by atoms with van der Waals surface area (Å²) in [5.41, 5.74) is 2.81. The molecule has 1 heterocycles. The number of nitrogens with zero attached hydrogens (tertiary/aromatic N) is 1. The largest absolute Gasteiger partial charge is 0.383 e. The fourth-order valence-electron chi connectivity index (χ4n) is 2.10. The van der Waals surface area contributed by atoms with Gasteiger partial charge in [-0.1, -0.05) is 29.8 Å². The Morgan fingerprint density at radius 1 is 1.40 bits per heavy atom. The highest BCUT2D eigenvalue weighted by molar-refractivity contribution is 9.10. The van der Waals surface area contributed by atoms with E-state index in [-0.39, 0.29) is 0 Å². The van der Waals surface area contributed by atoms with Gasteiger partial charge >= 0.3 is 0 Å². The zero-order chi connectivity index (χ0) is 11.1. The highest BCUT2D eigenvalue weighted by Crippen LogP contribution is 2.34. The van der Waals surface area contributed by atoms with E-state index in [0.717, 1.165) is 17.6 Å². The Morgan fingerprint density at radius 2 is 2.13 bits per heavy atom. The molecule has 15 heavy (non-hydrogen) atoms. The van der Waals surface area contributed by atoms with Gasteiger partial charge in [-0.05, 0) is 23.6 Å². The molecule has 1 aromatic rings. The minimum atomic E-state index is 0.306. The highest BCUT2D eigenvalue weighted by Gasteiger charge is 2.25. The molecule has 82 valence electrons. The van der Waals surface area contributed by atoms with Crippen molar-refractivity contribution in [1.29, 1.82) is 0 Å². The van der Waals surface area contributed by atoms with Gasteiger partial charge in [0.2, 0.25) is 0 Å². The fourth-order valence-corrected chi connectivity index (χ4v) is 2.46. The Kier molecular flexibility index (Phi) is 2.67. The second-order valence-corrected chi connectivity index (χ2v) is 5.95. The number of anilines is 2. The molecular formula is C12H17BrN2. The molecule has 0 saturated carbocycles. The first-order valence-corrected chi connectivity index (χ1v) is 6.02. The van der Waals surface area contributed by atoms with Crippen molar-refractivity contribution in [3.63, 3.8) is 0 Å². The number of fused-ring (bicyclic) bond motifs is 1. The van der Waals surface area contributed by atoms with Crippen LogP contribution >= 0.6 is 15.9 Å². The van der Waals surface area contributed by atoms with Crippen LogP contribution in [0, 0.1) is 5.41 Å². The maximum atomic E-state index is 3.51. The Balaban J connectivity index is 2.39. The van der Waals surface area contributed by atoms with Gasteiger partial charge in [-0.3, -0.25) is 0 Å². The molecular weight excluding hydrogens is 252 g/mol. The van der Waals surface area contributed by atoms with Crippen LogP contribution in [0.5, 0.6) is 0 Å². The van der Waals surface area contributed by atoms with E-state index in [4.69, 9.17) is 0 Å². The summed E-state index contributed by atoms with van der Waals surface area (Å²) in [5.74, 6) is 0. The van der Waals surface area contributed by atoms with E-state index in [0.29, 0.717) is 5.41 Å². The molecule has 0 atom stereocenters. The summed E-state index contributed by atoms with van der Waals surface area (Å²) in [6, 6.07) is 6.40. The molecule has 0 aliphatic carbocycles. The van der Waals surface area contributed by atoms with Gasteiger partial charge in [0, 0.05) is 24.6 Å². The summed E-state index contributed by atoms with van der Waals surface area (Å²) in [4.78, 5) is 2.32. The van der Waals surface area contributed by atoms with Gasteiger partial charge in [-0.15, -0.1) is 0 Å². The van der Waals surface area contributed by atoms with Gasteiger partial charge in [-0.2, -0.15) is 0 Å². The quantitative estimate of drug-likeness (QED) is 0.777. The van der Waals surface area contributed by atoms with Crippen molar-refractivity contribution in [3.8, 4) is 0 Å². The minimum Gasteiger partial charge on any atom is -0.383 e. The van der Waals surface area contributed by atoms with Gasteiger partial charge in [-0.25, -0.2) is 0 Å². The Morgan fingerprint density at radius 3 is 2.87 bits per heavy atom. The molecule has 0 unspecified atom stereocenters. The van der Waals surface area contributed by atoms with Crippen molar-refractivity contribution in [2.75, 3.05) is 30.4 Å². The summed E-state index contributed by atoms with van der Waals surface area (Å²) in [6.07, 6.45) is 0. The van der Waals surface area contributed by atoms with Gasteiger partial charge in [0.1, 0.15) is 0 Å². The first-order chi connectivity index (χ1) is 6.98. The van der Waals surface area contributed by atoms with Crippen LogP contribution in [0.2, 0.25) is 0 Å². The smallest absolute Gasteiger partial charge is 0.0600 e. The van der Waals surface area contributed by atoms with Gasteiger partial charge < -0.3 is 10.2 Å². The van der Waals surface area contributed by atoms with Crippen LogP contribution in [0.15, 0.2) is 22.7 Å². The Labute approximate surface area is 99.8 Å². The molecule has 0 fully saturated rings. The molecule has 0 aromatic heterocycles. The Bertz CT molecular complexity index is 374. The van der Waals surface area contributed by atoms with Crippen LogP contribution in [0.4, 0.5) is 11.4 Å². The number of hydrogen-bond donors (Lipinski definition) is 1. The lowest BCUT2D eigenvalue weighted by molar-refractivity contribution is 0.403. The summed E-state index contributed by atoms with van der Waals surface area (Å²) >= 11 is 3.51. The third-order valence-corrected chi connectivity index (χ3v) is 3.29. The van der Waals surface area contributed by atoms with Gasteiger partial charge in [0.15, 0.2) is 0 Å². The van der Waals surface area contributed by atoms with E-state index in [9.17, 15) is 0 Å². The standard InChI is InChI=1S/C12H17BrN2/c1-12(2)7-14-10-6-9(13)4-5-11(10)15(3)8-12/h4-6,14H,7-8H2,1-3H3. The van der Waals surface area contributed by atoms with Gasteiger partial charge in [0.05, 0.1) is 11.4 Å². The van der Waals surface area contributed by atoms with Crippen molar-refractivity contribution < 1.29 is 0 Å². The highest BCUT2D eigenvalue weighted by atomic mass is 79.9. The molecule has 0 radical (unpaired) electrons. The number of hydrogen-bond acceptors (Lipinski definition) is 2. The number of rotatable bonds is 0. The lowest BCUT2D eigenvalue weighted by Crippen LogP contribution is -2.33. The average Bonchev–Trinajstić information content (AvgIpc) is 2.23. The van der Waals surface area contributed by atoms with Crippen molar-refractivity contribution in [2.24, 2.45) is 5.41 Å². The van der Waals surface area contributed by atoms with Gasteiger partial charge in [0.25, 0.3) is 0 Å². The maximum absolute atomic E-state index is 3.51. The lowest BCUT2D eigenvalue weighted by Gasteiger charge is -2.27. The van der Waals surface area contributed by atoms with Crippen LogP contribution in [-0.4, -0.2) is 20.1 Å². The number of nitrogens with one attached hydrogen (secondary N) is 1. The molecule has 1 aliphatic rings. The third kappa shape index (κ3) is 2.28. The predicted molar refractivity (Wildman–Crippen MR) is 69.7 cm³/mol. The first kappa shape index (κ1) is 10.8. The molecule has 1 N–H and O–H groups in total. The van der Waals surface area contributed by atoms with E-state index in [1.54, 1.807) is 0 Å². The number of benzene rings is 1. The normalized spacial score (nSPS) is 19.1. The van der Waals surface area contributed by atoms with Crippen molar-refractivity contribution in [3.05, 3.63) is 22.7 Å². The zero-order valence-electron chi connectivity index (χ0n) is 9.47. The molecule has 0 amide bonds. The second-order valence-electron chi connectivity index (χ2n) is 5.04. The monoisotopic (exact) mass is 268 g/mol. The molecule has 3 heteroatoms. The molecule has 2 nitrogen and oxygen atoms in total. The molecule has 1 aromatic carbocycles. The summed E-state index contributed by atoms with van der Waals surface area (Å²) in [7, 11) is 2.15. The topological polar surface area (TPSA) is 15.3 Å². The van der Waals surface area contributed by atoms with Crippen LogP contribution in [0.3, 0.4) is 0 Å². The minimum absolute atomic E-state index is 0.306. The van der Waals surface area contributed by atoms with E-state index in [1.165, 1.54) is 11.4 Å². The summed E-state index contributed by atoms with van der Waals surface area (Å²) in [5, 5.41) is 3.51. The molecule has 0 saturated heterocycles. The SMILES string of the molecule is CN1CC(C)(C)CNc2cc(Br)ccc21. The summed E-state index contributed by atoms with van der Waals surface area (Å²) < 4.78 is 1.13. The van der Waals surface area contributed by atoms with E-state index >= 15 is 0 Å². The first-order valence-electron chi connectivity index (χ1n) is 5.22.